The number of aromatic carboxylic acids is 1. The number of carboxylic acid groups (broad SMARTS) is 1. The summed E-state index contributed by atoms with van der Waals surface area (Å²) in [5.74, 6) is -0.231. The molecule has 2 heterocycles. The third-order valence-corrected chi connectivity index (χ3v) is 2.76. The van der Waals surface area contributed by atoms with Crippen molar-refractivity contribution < 1.29 is 15.0 Å². The average Bonchev–Trinajstić information content (AvgIpc) is 2.54. The zero-order valence-corrected chi connectivity index (χ0v) is 8.60. The molecule has 5 heteroatoms. The molecule has 0 saturated heterocycles. The van der Waals surface area contributed by atoms with Crippen molar-refractivity contribution in [1.29, 1.82) is 0 Å². The van der Waals surface area contributed by atoms with Gasteiger partial charge in [0, 0.05) is 13.0 Å². The van der Waals surface area contributed by atoms with Gasteiger partial charge < -0.3 is 14.8 Å². The second-order valence-corrected chi connectivity index (χ2v) is 3.78. The molecule has 0 amide bonds. The summed E-state index contributed by atoms with van der Waals surface area (Å²) in [6.07, 6.45) is 1.29. The van der Waals surface area contributed by atoms with Gasteiger partial charge in [0.1, 0.15) is 5.82 Å². The first-order chi connectivity index (χ1) is 7.13. The molecule has 2 rings (SSSR count). The highest BCUT2D eigenvalue weighted by Gasteiger charge is 2.26. The molecule has 0 saturated carbocycles. The van der Waals surface area contributed by atoms with Crippen LogP contribution < -0.4 is 0 Å². The minimum atomic E-state index is -0.929. The first-order valence-electron chi connectivity index (χ1n) is 5.13. The number of fused-ring (bicyclic) bond motifs is 1. The van der Waals surface area contributed by atoms with Crippen molar-refractivity contribution in [3.8, 4) is 0 Å². The summed E-state index contributed by atoms with van der Waals surface area (Å²) in [7, 11) is 0. The number of imidazole rings is 1. The summed E-state index contributed by atoms with van der Waals surface area (Å²) in [6, 6.07) is 0. The maximum Gasteiger partial charge on any atom is 0.354 e. The number of aryl methyl sites for hydroxylation is 1. The molecule has 15 heavy (non-hydrogen) atoms. The van der Waals surface area contributed by atoms with Crippen LogP contribution in [0, 0.1) is 0 Å². The third kappa shape index (κ3) is 1.63. The number of hydrogen-bond acceptors (Lipinski definition) is 3. The lowest BCUT2D eigenvalue weighted by atomic mass is 10.1. The number of aromatic nitrogens is 2. The molecule has 1 aromatic rings. The quantitative estimate of drug-likeness (QED) is 0.743. The smallest absolute Gasteiger partial charge is 0.354 e. The van der Waals surface area contributed by atoms with E-state index in [1.807, 2.05) is 6.92 Å². The van der Waals surface area contributed by atoms with E-state index in [1.165, 1.54) is 0 Å². The summed E-state index contributed by atoms with van der Waals surface area (Å²) in [4.78, 5) is 15.3. The van der Waals surface area contributed by atoms with Crippen molar-refractivity contribution >= 4 is 5.97 Å². The predicted octanol–water partition coefficient (Wildman–Crippen LogP) is 0.451. The Balaban J connectivity index is 2.49. The van der Waals surface area contributed by atoms with Crippen LogP contribution in [0.5, 0.6) is 0 Å². The molecule has 1 aliphatic rings. The molecular weight excluding hydrogens is 196 g/mol. The third-order valence-electron chi connectivity index (χ3n) is 2.76. The van der Waals surface area contributed by atoms with Gasteiger partial charge in [-0.15, -0.1) is 0 Å². The number of rotatable bonds is 2. The minimum absolute atomic E-state index is 0.291. The van der Waals surface area contributed by atoms with E-state index in [4.69, 9.17) is 5.11 Å². The van der Waals surface area contributed by atoms with Crippen LogP contribution in [0.2, 0.25) is 0 Å². The topological polar surface area (TPSA) is 75.4 Å². The van der Waals surface area contributed by atoms with Crippen LogP contribution in [0.1, 0.15) is 35.4 Å². The molecule has 1 aliphatic heterocycles. The van der Waals surface area contributed by atoms with Crippen molar-refractivity contribution in [2.75, 3.05) is 0 Å². The van der Waals surface area contributed by atoms with Gasteiger partial charge in [0.15, 0.2) is 5.69 Å². The van der Waals surface area contributed by atoms with Gasteiger partial charge in [-0.1, -0.05) is 6.92 Å². The molecule has 2 N–H and O–H groups in total. The fraction of sp³-hybridized carbons (Fsp3) is 0.600. The number of aliphatic hydroxyl groups is 1. The van der Waals surface area contributed by atoms with Gasteiger partial charge in [-0.05, 0) is 12.8 Å². The zero-order valence-electron chi connectivity index (χ0n) is 8.60. The Bertz CT molecular complexity index is 398. The zero-order chi connectivity index (χ0) is 11.0. The van der Waals surface area contributed by atoms with Gasteiger partial charge in [0.25, 0.3) is 0 Å². The number of hydrogen-bond donors (Lipinski definition) is 2. The second-order valence-electron chi connectivity index (χ2n) is 3.78. The van der Waals surface area contributed by atoms with Gasteiger partial charge >= 0.3 is 5.97 Å². The summed E-state index contributed by atoms with van der Waals surface area (Å²) in [5.41, 5.74) is 0.908. The fourth-order valence-corrected chi connectivity index (χ4v) is 2.03. The fourth-order valence-electron chi connectivity index (χ4n) is 2.03. The Kier molecular flexibility index (Phi) is 2.48. The summed E-state index contributed by atoms with van der Waals surface area (Å²) in [5, 5.41) is 18.6. The first-order valence-corrected chi connectivity index (χ1v) is 5.13. The minimum Gasteiger partial charge on any atom is -0.477 e. The maximum atomic E-state index is 11.1. The Morgan fingerprint density at radius 1 is 1.67 bits per heavy atom. The molecule has 0 aliphatic carbocycles. The molecule has 1 atom stereocenters. The lowest BCUT2D eigenvalue weighted by molar-refractivity contribution is 0.0677. The molecule has 0 unspecified atom stereocenters. The highest BCUT2D eigenvalue weighted by atomic mass is 16.4. The Labute approximate surface area is 87.4 Å². The molecule has 5 nitrogen and oxygen atoms in total. The van der Waals surface area contributed by atoms with E-state index in [9.17, 15) is 9.90 Å². The number of carboxylic acids is 1. The number of aliphatic hydroxyl groups excluding tert-OH is 1. The molecule has 0 spiro atoms. The lowest BCUT2D eigenvalue weighted by Crippen LogP contribution is -2.25. The Morgan fingerprint density at radius 2 is 2.40 bits per heavy atom. The van der Waals surface area contributed by atoms with Crippen molar-refractivity contribution in [2.24, 2.45) is 0 Å². The standard InChI is InChI=1S/C10H14N2O3/c1-2-7-9(10(14)15)12-4-3-6(13)5-8(12)11-7/h6,13H,2-5H2,1H3,(H,14,15)/t6-/m0/s1. The van der Waals surface area contributed by atoms with E-state index in [2.05, 4.69) is 4.98 Å². The van der Waals surface area contributed by atoms with Gasteiger partial charge in [-0.25, -0.2) is 9.78 Å². The largest absolute Gasteiger partial charge is 0.477 e. The Hall–Kier alpha value is -1.36. The van der Waals surface area contributed by atoms with E-state index in [1.54, 1.807) is 4.57 Å². The normalized spacial score (nSPS) is 20.0. The van der Waals surface area contributed by atoms with Crippen LogP contribution in [-0.2, 0) is 19.4 Å². The lowest BCUT2D eigenvalue weighted by Gasteiger charge is -2.19. The molecule has 0 aromatic carbocycles. The van der Waals surface area contributed by atoms with E-state index >= 15 is 0 Å². The molecule has 0 fully saturated rings. The van der Waals surface area contributed by atoms with Crippen molar-refractivity contribution in [1.82, 2.24) is 9.55 Å². The second kappa shape index (κ2) is 3.66. The molecule has 82 valence electrons. The van der Waals surface area contributed by atoms with Crippen LogP contribution in [-0.4, -0.2) is 31.8 Å². The molecule has 1 aromatic heterocycles. The van der Waals surface area contributed by atoms with Crippen LogP contribution in [0.3, 0.4) is 0 Å². The van der Waals surface area contributed by atoms with Gasteiger partial charge in [-0.2, -0.15) is 0 Å². The highest BCUT2D eigenvalue weighted by Crippen LogP contribution is 2.20. The molecular formula is C10H14N2O3. The highest BCUT2D eigenvalue weighted by molar-refractivity contribution is 5.87. The first kappa shape index (κ1) is 10.2. The predicted molar refractivity (Wildman–Crippen MR) is 52.9 cm³/mol. The van der Waals surface area contributed by atoms with E-state index < -0.39 is 5.97 Å². The van der Waals surface area contributed by atoms with E-state index in [0.717, 1.165) is 0 Å². The molecule has 0 bridgehead atoms. The van der Waals surface area contributed by atoms with E-state index in [0.29, 0.717) is 43.0 Å². The monoisotopic (exact) mass is 210 g/mol. The van der Waals surface area contributed by atoms with Crippen molar-refractivity contribution in [3.63, 3.8) is 0 Å². The maximum absolute atomic E-state index is 11.1. The number of carbonyl (C=O) groups is 1. The van der Waals surface area contributed by atoms with E-state index in [-0.39, 0.29) is 6.10 Å². The van der Waals surface area contributed by atoms with Gasteiger partial charge in [0.2, 0.25) is 0 Å². The summed E-state index contributed by atoms with van der Waals surface area (Å²) in [6.45, 7) is 2.43. The molecule has 0 radical (unpaired) electrons. The van der Waals surface area contributed by atoms with Gasteiger partial charge in [-0.3, -0.25) is 0 Å². The average molecular weight is 210 g/mol. The Morgan fingerprint density at radius 3 is 3.00 bits per heavy atom. The van der Waals surface area contributed by atoms with Crippen LogP contribution >= 0.6 is 0 Å². The summed E-state index contributed by atoms with van der Waals surface area (Å²) >= 11 is 0. The number of nitrogens with zero attached hydrogens (tertiary/aromatic N) is 2. The summed E-state index contributed by atoms with van der Waals surface area (Å²) < 4.78 is 1.72. The van der Waals surface area contributed by atoms with Crippen LogP contribution in [0.15, 0.2) is 0 Å². The van der Waals surface area contributed by atoms with Crippen molar-refractivity contribution in [3.05, 3.63) is 17.2 Å². The van der Waals surface area contributed by atoms with Gasteiger partial charge in [0.05, 0.1) is 11.8 Å². The van der Waals surface area contributed by atoms with Crippen LogP contribution in [0.25, 0.3) is 0 Å². The van der Waals surface area contributed by atoms with Crippen molar-refractivity contribution in [2.45, 2.75) is 38.8 Å². The van der Waals surface area contributed by atoms with Crippen LogP contribution in [0.4, 0.5) is 0 Å². The SMILES string of the molecule is CCc1nc2n(c1C(=O)O)CC[C@H](O)C2.